The Kier molecular flexibility index (Phi) is 4.17. The van der Waals surface area contributed by atoms with E-state index in [4.69, 9.17) is 0 Å². The van der Waals surface area contributed by atoms with E-state index in [9.17, 15) is 0 Å². The van der Waals surface area contributed by atoms with Crippen LogP contribution in [0.1, 0.15) is 11.1 Å². The highest BCUT2D eigenvalue weighted by Gasteiger charge is 2.04. The molecule has 0 nitrogen and oxygen atoms in total. The molecule has 0 aliphatic rings. The zero-order chi connectivity index (χ0) is 14.5. The maximum atomic E-state index is 4.16. The molecule has 2 rings (SSSR count). The summed E-state index contributed by atoms with van der Waals surface area (Å²) < 4.78 is 0. The number of rotatable bonds is 4. The summed E-state index contributed by atoms with van der Waals surface area (Å²) in [6.45, 7) is 16.1. The van der Waals surface area contributed by atoms with Crippen LogP contribution in [-0.2, 0) is 0 Å². The Morgan fingerprint density at radius 1 is 0.900 bits per heavy atom. The summed E-state index contributed by atoms with van der Waals surface area (Å²) >= 11 is 0. The zero-order valence-corrected chi connectivity index (χ0v) is 11.6. The van der Waals surface area contributed by atoms with Gasteiger partial charge in [-0.25, -0.2) is 0 Å². The second-order valence-electron chi connectivity index (χ2n) is 4.64. The Morgan fingerprint density at radius 3 is 2.25 bits per heavy atom. The first-order chi connectivity index (χ1) is 9.63. The molecule has 0 heteroatoms. The molecule has 98 valence electrons. The van der Waals surface area contributed by atoms with Gasteiger partial charge in [-0.3, -0.25) is 0 Å². The van der Waals surface area contributed by atoms with Crippen molar-refractivity contribution < 1.29 is 0 Å². The molecule has 2 aromatic rings. The van der Waals surface area contributed by atoms with Crippen molar-refractivity contribution in [2.75, 3.05) is 0 Å². The minimum atomic E-state index is 0.885. The first-order valence-electron chi connectivity index (χ1n) is 6.49. The monoisotopic (exact) mass is 258 g/mol. The maximum absolute atomic E-state index is 4.16. The van der Waals surface area contributed by atoms with E-state index in [1.807, 2.05) is 60.7 Å². The van der Waals surface area contributed by atoms with E-state index in [2.05, 4.69) is 26.3 Å². The molecule has 0 N–H and O–H groups in total. The van der Waals surface area contributed by atoms with E-state index >= 15 is 0 Å². The molecule has 0 fully saturated rings. The predicted molar refractivity (Wildman–Crippen MR) is 90.4 cm³/mol. The highest BCUT2D eigenvalue weighted by Crippen LogP contribution is 2.24. The van der Waals surface area contributed by atoms with Gasteiger partial charge < -0.3 is 0 Å². The third-order valence-electron chi connectivity index (χ3n) is 3.28. The van der Waals surface area contributed by atoms with Crippen molar-refractivity contribution in [3.8, 4) is 0 Å². The molecule has 0 saturated carbocycles. The van der Waals surface area contributed by atoms with Gasteiger partial charge in [0.1, 0.15) is 0 Å². The van der Waals surface area contributed by atoms with E-state index in [0.29, 0.717) is 0 Å². The van der Waals surface area contributed by atoms with Crippen molar-refractivity contribution >= 4 is 24.3 Å². The van der Waals surface area contributed by atoms with E-state index in [1.165, 1.54) is 0 Å². The fourth-order valence-electron chi connectivity index (χ4n) is 2.07. The predicted octanol–water partition coefficient (Wildman–Crippen LogP) is 3.79. The first kappa shape index (κ1) is 13.8. The van der Waals surface area contributed by atoms with Crippen LogP contribution in [0.5, 0.6) is 0 Å². The van der Waals surface area contributed by atoms with E-state index in [-0.39, 0.29) is 0 Å². The molecule has 0 radical (unpaired) electrons. The molecule has 0 unspecified atom stereocenters. The lowest BCUT2D eigenvalue weighted by molar-refractivity contribution is 1.52. The van der Waals surface area contributed by atoms with Gasteiger partial charge in [0.15, 0.2) is 0 Å². The average Bonchev–Trinajstić information content (AvgIpc) is 2.48. The molecular formula is C20H18. The Hall–Kier alpha value is -2.60. The lowest BCUT2D eigenvalue weighted by Crippen LogP contribution is -2.21. The third-order valence-corrected chi connectivity index (χ3v) is 3.28. The van der Waals surface area contributed by atoms with Crippen LogP contribution in [-0.4, -0.2) is 0 Å². The number of hydrogen-bond acceptors (Lipinski definition) is 0. The average molecular weight is 258 g/mol. The van der Waals surface area contributed by atoms with Gasteiger partial charge >= 0.3 is 0 Å². The van der Waals surface area contributed by atoms with Crippen molar-refractivity contribution in [2.45, 2.75) is 0 Å². The summed E-state index contributed by atoms with van der Waals surface area (Å²) in [7, 11) is 0. The molecule has 2 aromatic carbocycles. The quantitative estimate of drug-likeness (QED) is 0.732. The van der Waals surface area contributed by atoms with Crippen LogP contribution < -0.4 is 10.4 Å². The van der Waals surface area contributed by atoms with Crippen molar-refractivity contribution in [1.29, 1.82) is 0 Å². The lowest BCUT2D eigenvalue weighted by atomic mass is 9.95. The SMILES string of the molecule is C=Cc1ccccc1C(=C)C(=C)/C=c1/ccccc1=C. The Labute approximate surface area is 120 Å². The van der Waals surface area contributed by atoms with Gasteiger partial charge in [-0.2, -0.15) is 0 Å². The van der Waals surface area contributed by atoms with Crippen LogP contribution in [0.25, 0.3) is 24.3 Å². The zero-order valence-electron chi connectivity index (χ0n) is 11.6. The highest BCUT2D eigenvalue weighted by molar-refractivity contribution is 5.88. The van der Waals surface area contributed by atoms with Crippen LogP contribution >= 0.6 is 0 Å². The summed E-state index contributed by atoms with van der Waals surface area (Å²) in [4.78, 5) is 0. The molecule has 0 atom stereocenters. The summed E-state index contributed by atoms with van der Waals surface area (Å²) in [6.07, 6.45) is 3.85. The standard InChI is InChI=1S/C20H18/c1-5-18-11-8-9-13-20(18)17(4)16(3)14-19-12-7-6-10-15(19)2/h5-14H,1-4H2/b19-14-. The fourth-order valence-corrected chi connectivity index (χ4v) is 2.07. The van der Waals surface area contributed by atoms with Crippen molar-refractivity contribution in [3.05, 3.63) is 95.4 Å². The van der Waals surface area contributed by atoms with Gasteiger partial charge in [-0.05, 0) is 38.8 Å². The van der Waals surface area contributed by atoms with Crippen LogP contribution in [0.3, 0.4) is 0 Å². The van der Waals surface area contributed by atoms with Gasteiger partial charge in [-0.15, -0.1) is 0 Å². The first-order valence-corrected chi connectivity index (χ1v) is 6.49. The van der Waals surface area contributed by atoms with Gasteiger partial charge in [-0.1, -0.05) is 80.9 Å². The number of hydrogen-bond donors (Lipinski definition) is 0. The number of benzene rings is 2. The molecule has 20 heavy (non-hydrogen) atoms. The highest BCUT2D eigenvalue weighted by atomic mass is 14.1. The lowest BCUT2D eigenvalue weighted by Gasteiger charge is -2.09. The minimum Gasteiger partial charge on any atom is -0.0984 e. The summed E-state index contributed by atoms with van der Waals surface area (Å²) in [6, 6.07) is 16.0. The molecule has 0 aromatic heterocycles. The van der Waals surface area contributed by atoms with Gasteiger partial charge in [0.25, 0.3) is 0 Å². The van der Waals surface area contributed by atoms with Crippen molar-refractivity contribution in [3.63, 3.8) is 0 Å². The van der Waals surface area contributed by atoms with Gasteiger partial charge in [0, 0.05) is 0 Å². The van der Waals surface area contributed by atoms with Crippen LogP contribution in [0.2, 0.25) is 0 Å². The van der Waals surface area contributed by atoms with Gasteiger partial charge in [0.2, 0.25) is 0 Å². The molecule has 0 heterocycles. The minimum absolute atomic E-state index is 0.885. The molecule has 0 aliphatic heterocycles. The molecule has 0 amide bonds. The molecule has 0 bridgehead atoms. The summed E-state index contributed by atoms with van der Waals surface area (Å²) in [5.41, 5.74) is 3.92. The normalized spacial score (nSPS) is 11.1. The number of allylic oxidation sites excluding steroid dienone is 2. The van der Waals surface area contributed by atoms with E-state index in [0.717, 1.165) is 32.7 Å². The second kappa shape index (κ2) is 6.03. The maximum Gasteiger partial charge on any atom is -0.0112 e. The molecule has 0 saturated heterocycles. The van der Waals surface area contributed by atoms with Crippen molar-refractivity contribution in [2.24, 2.45) is 0 Å². The van der Waals surface area contributed by atoms with Gasteiger partial charge in [0.05, 0.1) is 0 Å². The molecular weight excluding hydrogens is 240 g/mol. The summed E-state index contributed by atoms with van der Waals surface area (Å²) in [5, 5.41) is 2.05. The Morgan fingerprint density at radius 2 is 1.55 bits per heavy atom. The smallest absolute Gasteiger partial charge is 0.0112 e. The second-order valence-corrected chi connectivity index (χ2v) is 4.64. The molecule has 0 aliphatic carbocycles. The largest absolute Gasteiger partial charge is 0.0984 e. The fraction of sp³-hybridized carbons (Fsp3) is 0. The van der Waals surface area contributed by atoms with E-state index < -0.39 is 0 Å². The van der Waals surface area contributed by atoms with Crippen LogP contribution in [0.4, 0.5) is 0 Å². The Bertz CT molecular complexity index is 776. The summed E-state index contributed by atoms with van der Waals surface area (Å²) in [5.74, 6) is 0. The third kappa shape index (κ3) is 2.86. The van der Waals surface area contributed by atoms with Crippen LogP contribution in [0.15, 0.2) is 73.8 Å². The molecule has 0 spiro atoms. The van der Waals surface area contributed by atoms with Crippen LogP contribution in [0, 0.1) is 0 Å². The van der Waals surface area contributed by atoms with Crippen molar-refractivity contribution in [1.82, 2.24) is 0 Å². The van der Waals surface area contributed by atoms with E-state index in [1.54, 1.807) is 0 Å². The Balaban J connectivity index is 2.43. The topological polar surface area (TPSA) is 0 Å².